The van der Waals surface area contributed by atoms with Gasteiger partial charge in [-0.05, 0) is 6.07 Å². The number of pyridine rings is 1. The summed E-state index contributed by atoms with van der Waals surface area (Å²) in [5.74, 6) is -1.86. The Labute approximate surface area is 111 Å². The van der Waals surface area contributed by atoms with E-state index < -0.39 is 23.7 Å². The number of hydrogen-bond donors (Lipinski definition) is 1. The minimum atomic E-state index is -1.09. The van der Waals surface area contributed by atoms with Crippen LogP contribution in [-0.2, 0) is 4.79 Å². The number of nitrogens with zero attached hydrogens (tertiary/aromatic N) is 2. The van der Waals surface area contributed by atoms with Crippen LogP contribution in [0.3, 0.4) is 0 Å². The van der Waals surface area contributed by atoms with Crippen LogP contribution in [0.5, 0.6) is 0 Å². The molecule has 1 atom stereocenters. The van der Waals surface area contributed by atoms with E-state index in [2.05, 4.69) is 4.98 Å². The van der Waals surface area contributed by atoms with E-state index in [0.29, 0.717) is 5.75 Å². The summed E-state index contributed by atoms with van der Waals surface area (Å²) in [4.78, 5) is 27.7. The van der Waals surface area contributed by atoms with Crippen LogP contribution in [0.25, 0.3) is 0 Å². The molecule has 8 heteroatoms. The molecule has 2 heterocycles. The highest BCUT2D eigenvalue weighted by Gasteiger charge is 2.35. The van der Waals surface area contributed by atoms with Gasteiger partial charge in [-0.2, -0.15) is 0 Å². The van der Waals surface area contributed by atoms with Crippen molar-refractivity contribution in [3.05, 3.63) is 28.8 Å². The average molecular weight is 291 g/mol. The molecule has 0 spiro atoms. The molecular weight excluding hydrogens is 283 g/mol. The maximum atomic E-state index is 13.0. The molecule has 18 heavy (non-hydrogen) atoms. The van der Waals surface area contributed by atoms with E-state index in [0.717, 1.165) is 17.2 Å². The third-order valence-electron chi connectivity index (χ3n) is 2.46. The molecule has 2 rings (SSSR count). The SMILES string of the molecule is O=C(O)[C@@H]1CSCN1C(=O)c1cc(F)cnc1Cl. The van der Waals surface area contributed by atoms with Gasteiger partial charge in [0.25, 0.3) is 5.91 Å². The third kappa shape index (κ3) is 2.41. The van der Waals surface area contributed by atoms with Gasteiger partial charge in [0.2, 0.25) is 0 Å². The monoisotopic (exact) mass is 290 g/mol. The van der Waals surface area contributed by atoms with Gasteiger partial charge in [0.05, 0.1) is 17.6 Å². The van der Waals surface area contributed by atoms with Crippen LogP contribution in [0, 0.1) is 5.82 Å². The van der Waals surface area contributed by atoms with Gasteiger partial charge in [0.15, 0.2) is 0 Å². The third-order valence-corrected chi connectivity index (χ3v) is 3.78. The number of halogens is 2. The fourth-order valence-electron chi connectivity index (χ4n) is 1.57. The highest BCUT2D eigenvalue weighted by atomic mass is 35.5. The molecule has 96 valence electrons. The number of thioether (sulfide) groups is 1. The Hall–Kier alpha value is -1.34. The molecule has 1 amide bonds. The Morgan fingerprint density at radius 1 is 1.61 bits per heavy atom. The molecule has 1 saturated heterocycles. The molecule has 0 aliphatic carbocycles. The molecule has 1 aliphatic rings. The minimum Gasteiger partial charge on any atom is -0.480 e. The van der Waals surface area contributed by atoms with Crippen molar-refractivity contribution in [1.82, 2.24) is 9.88 Å². The molecule has 0 radical (unpaired) electrons. The normalized spacial score (nSPS) is 19.0. The Balaban J connectivity index is 2.31. The fraction of sp³-hybridized carbons (Fsp3) is 0.300. The Bertz CT molecular complexity index is 514. The van der Waals surface area contributed by atoms with Crippen LogP contribution in [0.4, 0.5) is 4.39 Å². The van der Waals surface area contributed by atoms with Crippen LogP contribution in [0.2, 0.25) is 5.15 Å². The second-order valence-electron chi connectivity index (χ2n) is 3.62. The number of hydrogen-bond acceptors (Lipinski definition) is 4. The van der Waals surface area contributed by atoms with Crippen molar-refractivity contribution in [2.45, 2.75) is 6.04 Å². The predicted molar refractivity (Wildman–Crippen MR) is 64.1 cm³/mol. The molecule has 1 aliphatic heterocycles. The lowest BCUT2D eigenvalue weighted by atomic mass is 10.2. The first kappa shape index (κ1) is 13.1. The first-order valence-corrected chi connectivity index (χ1v) is 6.46. The number of carboxylic acid groups (broad SMARTS) is 1. The summed E-state index contributed by atoms with van der Waals surface area (Å²) in [7, 11) is 0. The van der Waals surface area contributed by atoms with E-state index >= 15 is 0 Å². The first-order valence-electron chi connectivity index (χ1n) is 4.93. The van der Waals surface area contributed by atoms with Crippen molar-refractivity contribution >= 4 is 35.2 Å². The Morgan fingerprint density at radius 2 is 2.33 bits per heavy atom. The summed E-state index contributed by atoms with van der Waals surface area (Å²) in [6.07, 6.45) is 0.895. The van der Waals surface area contributed by atoms with Gasteiger partial charge in [-0.3, -0.25) is 4.79 Å². The Morgan fingerprint density at radius 3 is 3.00 bits per heavy atom. The quantitative estimate of drug-likeness (QED) is 0.835. The molecule has 1 N–H and O–H groups in total. The van der Waals surface area contributed by atoms with E-state index in [4.69, 9.17) is 16.7 Å². The largest absolute Gasteiger partial charge is 0.480 e. The number of carbonyl (C=O) groups excluding carboxylic acids is 1. The average Bonchev–Trinajstić information content (AvgIpc) is 2.80. The van der Waals surface area contributed by atoms with Gasteiger partial charge in [0, 0.05) is 5.75 Å². The maximum Gasteiger partial charge on any atom is 0.327 e. The van der Waals surface area contributed by atoms with Crippen molar-refractivity contribution in [2.24, 2.45) is 0 Å². The number of carbonyl (C=O) groups is 2. The fourth-order valence-corrected chi connectivity index (χ4v) is 2.90. The van der Waals surface area contributed by atoms with Crippen molar-refractivity contribution in [1.29, 1.82) is 0 Å². The molecule has 0 unspecified atom stereocenters. The lowest BCUT2D eigenvalue weighted by Gasteiger charge is -2.20. The first-order chi connectivity index (χ1) is 8.50. The zero-order chi connectivity index (χ0) is 13.3. The lowest BCUT2D eigenvalue weighted by Crippen LogP contribution is -2.41. The maximum absolute atomic E-state index is 13.0. The van der Waals surface area contributed by atoms with Crippen LogP contribution >= 0.6 is 23.4 Å². The summed E-state index contributed by atoms with van der Waals surface area (Å²) in [6.45, 7) is 0. The summed E-state index contributed by atoms with van der Waals surface area (Å²) in [6, 6.07) is 0.0429. The molecule has 0 saturated carbocycles. The molecular formula is C10H8ClFN2O3S. The van der Waals surface area contributed by atoms with E-state index in [1.165, 1.54) is 11.8 Å². The zero-order valence-electron chi connectivity index (χ0n) is 8.97. The van der Waals surface area contributed by atoms with Crippen LogP contribution in [0.15, 0.2) is 12.3 Å². The minimum absolute atomic E-state index is 0.120. The number of rotatable bonds is 2. The summed E-state index contributed by atoms with van der Waals surface area (Å²) in [5, 5.41) is 8.84. The van der Waals surface area contributed by atoms with E-state index in [1.807, 2.05) is 0 Å². The van der Waals surface area contributed by atoms with Gasteiger partial charge < -0.3 is 10.0 Å². The Kier molecular flexibility index (Phi) is 3.72. The molecule has 1 aromatic heterocycles. The number of aliphatic carboxylic acids is 1. The van der Waals surface area contributed by atoms with Gasteiger partial charge in [-0.25, -0.2) is 14.2 Å². The highest BCUT2D eigenvalue weighted by molar-refractivity contribution is 7.99. The topological polar surface area (TPSA) is 70.5 Å². The molecule has 0 bridgehead atoms. The van der Waals surface area contributed by atoms with E-state index in [-0.39, 0.29) is 16.6 Å². The summed E-state index contributed by atoms with van der Waals surface area (Å²) in [5.41, 5.74) is -0.120. The number of amides is 1. The zero-order valence-corrected chi connectivity index (χ0v) is 10.5. The predicted octanol–water partition coefficient (Wildman–Crippen LogP) is 1.47. The van der Waals surface area contributed by atoms with Crippen molar-refractivity contribution in [2.75, 3.05) is 11.6 Å². The molecule has 1 aromatic rings. The van der Waals surface area contributed by atoms with Gasteiger partial charge in [-0.15, -0.1) is 11.8 Å². The van der Waals surface area contributed by atoms with Crippen LogP contribution < -0.4 is 0 Å². The molecule has 5 nitrogen and oxygen atoms in total. The second-order valence-corrected chi connectivity index (χ2v) is 4.98. The van der Waals surface area contributed by atoms with Crippen LogP contribution in [0.1, 0.15) is 10.4 Å². The van der Waals surface area contributed by atoms with Crippen molar-refractivity contribution in [3.63, 3.8) is 0 Å². The molecule has 0 aromatic carbocycles. The number of aromatic nitrogens is 1. The van der Waals surface area contributed by atoms with Gasteiger partial charge >= 0.3 is 5.97 Å². The summed E-state index contributed by atoms with van der Waals surface area (Å²) >= 11 is 7.04. The standard InChI is InChI=1S/C10H8ClFN2O3S/c11-8-6(1-5(12)2-13-8)9(15)14-4-18-3-7(14)10(16)17/h1-2,7H,3-4H2,(H,16,17)/t7-/m0/s1. The van der Waals surface area contributed by atoms with Gasteiger partial charge in [0.1, 0.15) is 17.0 Å². The van der Waals surface area contributed by atoms with E-state index in [9.17, 15) is 14.0 Å². The van der Waals surface area contributed by atoms with Crippen LogP contribution in [-0.4, -0.2) is 44.5 Å². The smallest absolute Gasteiger partial charge is 0.327 e. The van der Waals surface area contributed by atoms with Crippen molar-refractivity contribution < 1.29 is 19.1 Å². The molecule has 1 fully saturated rings. The van der Waals surface area contributed by atoms with E-state index in [1.54, 1.807) is 0 Å². The lowest BCUT2D eigenvalue weighted by molar-refractivity contribution is -0.140. The van der Waals surface area contributed by atoms with Gasteiger partial charge in [-0.1, -0.05) is 11.6 Å². The second kappa shape index (κ2) is 5.11. The van der Waals surface area contributed by atoms with Crippen molar-refractivity contribution in [3.8, 4) is 0 Å². The number of carboxylic acids is 1. The summed E-state index contributed by atoms with van der Waals surface area (Å²) < 4.78 is 13.0. The highest BCUT2D eigenvalue weighted by Crippen LogP contribution is 2.25.